The average molecular weight is 475 g/mol. The van der Waals surface area contributed by atoms with Gasteiger partial charge in [-0.2, -0.15) is 0 Å². The molecule has 0 aliphatic carbocycles. The van der Waals surface area contributed by atoms with Crippen LogP contribution in [0.5, 0.6) is 0 Å². The van der Waals surface area contributed by atoms with E-state index in [9.17, 15) is 0 Å². The zero-order valence-corrected chi connectivity index (χ0v) is 17.2. The van der Waals surface area contributed by atoms with Crippen molar-refractivity contribution in [1.82, 2.24) is 0 Å². The van der Waals surface area contributed by atoms with E-state index in [4.69, 9.17) is 11.6 Å². The van der Waals surface area contributed by atoms with Gasteiger partial charge in [0, 0.05) is 8.95 Å². The standard InChI is InChI=1S/C22H15Br2Cl/c23-20-10-3-1-6-16(20)12-14-18-8-5-9-19(22(18)25)15-13-17-7-2-4-11-21(17)24/h1-15H/b14-12+,15-13+. The van der Waals surface area contributed by atoms with Crippen molar-refractivity contribution >= 4 is 67.8 Å². The average Bonchev–Trinajstić information content (AvgIpc) is 2.62. The molecule has 25 heavy (non-hydrogen) atoms. The first kappa shape index (κ1) is 18.2. The Hall–Kier alpha value is -1.61. The summed E-state index contributed by atoms with van der Waals surface area (Å²) in [5.74, 6) is 0. The lowest BCUT2D eigenvalue weighted by atomic mass is 10.1. The van der Waals surface area contributed by atoms with E-state index in [0.717, 1.165) is 36.2 Å². The molecule has 0 saturated carbocycles. The second-order valence-electron chi connectivity index (χ2n) is 5.46. The number of rotatable bonds is 4. The van der Waals surface area contributed by atoms with Crippen LogP contribution in [0, 0.1) is 0 Å². The van der Waals surface area contributed by atoms with E-state index in [-0.39, 0.29) is 0 Å². The summed E-state index contributed by atoms with van der Waals surface area (Å²) in [6, 6.07) is 22.3. The van der Waals surface area contributed by atoms with Gasteiger partial charge in [0.25, 0.3) is 0 Å². The molecular formula is C22H15Br2Cl. The van der Waals surface area contributed by atoms with E-state index < -0.39 is 0 Å². The smallest absolute Gasteiger partial charge is 0.0550 e. The zero-order chi connectivity index (χ0) is 17.6. The summed E-state index contributed by atoms with van der Waals surface area (Å²) in [7, 11) is 0. The van der Waals surface area contributed by atoms with Gasteiger partial charge >= 0.3 is 0 Å². The van der Waals surface area contributed by atoms with Gasteiger partial charge in [-0.15, -0.1) is 0 Å². The Kier molecular flexibility index (Phi) is 6.30. The molecule has 0 saturated heterocycles. The van der Waals surface area contributed by atoms with Crippen LogP contribution in [0.4, 0.5) is 0 Å². The highest BCUT2D eigenvalue weighted by Gasteiger charge is 2.02. The summed E-state index contributed by atoms with van der Waals surface area (Å²) in [5.41, 5.74) is 4.22. The molecule has 3 heteroatoms. The molecule has 3 aromatic carbocycles. The SMILES string of the molecule is Clc1c(/C=C/c2ccccc2Br)cccc1/C=C/c1ccccc1Br. The van der Waals surface area contributed by atoms with Crippen LogP contribution < -0.4 is 0 Å². The predicted octanol–water partition coefficient (Wildman–Crippen LogP) is 8.21. The van der Waals surface area contributed by atoms with E-state index in [2.05, 4.69) is 56.1 Å². The molecule has 0 aliphatic heterocycles. The summed E-state index contributed by atoms with van der Waals surface area (Å²) >= 11 is 13.7. The van der Waals surface area contributed by atoms with Crippen molar-refractivity contribution in [2.45, 2.75) is 0 Å². The molecule has 0 radical (unpaired) electrons. The maximum absolute atomic E-state index is 6.59. The fourth-order valence-corrected chi connectivity index (χ4v) is 3.49. The third-order valence-electron chi connectivity index (χ3n) is 3.75. The van der Waals surface area contributed by atoms with Crippen LogP contribution in [0.1, 0.15) is 22.3 Å². The van der Waals surface area contributed by atoms with Gasteiger partial charge in [0.15, 0.2) is 0 Å². The molecule has 0 atom stereocenters. The van der Waals surface area contributed by atoms with E-state index in [1.807, 2.05) is 66.7 Å². The minimum Gasteiger partial charge on any atom is -0.0830 e. The molecule has 0 spiro atoms. The van der Waals surface area contributed by atoms with Gasteiger partial charge in [-0.3, -0.25) is 0 Å². The third kappa shape index (κ3) is 4.72. The fourth-order valence-electron chi connectivity index (χ4n) is 2.41. The Balaban J connectivity index is 1.88. The van der Waals surface area contributed by atoms with Crippen LogP contribution in [-0.4, -0.2) is 0 Å². The highest BCUT2D eigenvalue weighted by molar-refractivity contribution is 9.10. The van der Waals surface area contributed by atoms with Crippen molar-refractivity contribution in [2.24, 2.45) is 0 Å². The van der Waals surface area contributed by atoms with Crippen LogP contribution >= 0.6 is 43.5 Å². The third-order valence-corrected chi connectivity index (χ3v) is 5.63. The normalized spacial score (nSPS) is 11.5. The van der Waals surface area contributed by atoms with Gasteiger partial charge in [0.05, 0.1) is 5.02 Å². The first-order valence-corrected chi connectivity index (χ1v) is 9.75. The van der Waals surface area contributed by atoms with Crippen molar-refractivity contribution in [3.05, 3.63) is 103 Å². The molecule has 124 valence electrons. The van der Waals surface area contributed by atoms with Crippen molar-refractivity contribution < 1.29 is 0 Å². The molecule has 0 bridgehead atoms. The van der Waals surface area contributed by atoms with Crippen LogP contribution in [0.3, 0.4) is 0 Å². The number of benzene rings is 3. The second kappa shape index (κ2) is 8.66. The largest absolute Gasteiger partial charge is 0.0830 e. The molecule has 3 rings (SSSR count). The molecular weight excluding hydrogens is 460 g/mol. The van der Waals surface area contributed by atoms with Crippen LogP contribution in [0.15, 0.2) is 75.7 Å². The zero-order valence-electron chi connectivity index (χ0n) is 13.3. The summed E-state index contributed by atoms with van der Waals surface area (Å²) < 4.78 is 2.12. The minimum absolute atomic E-state index is 0.745. The maximum Gasteiger partial charge on any atom is 0.0550 e. The van der Waals surface area contributed by atoms with E-state index in [1.54, 1.807) is 0 Å². The summed E-state index contributed by atoms with van der Waals surface area (Å²) in [5, 5.41) is 0.745. The molecule has 0 N–H and O–H groups in total. The lowest BCUT2D eigenvalue weighted by molar-refractivity contribution is 1.59. The lowest BCUT2D eigenvalue weighted by Gasteiger charge is -2.04. The Morgan fingerprint density at radius 2 is 0.880 bits per heavy atom. The van der Waals surface area contributed by atoms with Gasteiger partial charge in [0.2, 0.25) is 0 Å². The molecule has 0 heterocycles. The van der Waals surface area contributed by atoms with Gasteiger partial charge in [-0.05, 0) is 34.4 Å². The molecule has 0 nitrogen and oxygen atoms in total. The Labute approximate surface area is 170 Å². The van der Waals surface area contributed by atoms with Gasteiger partial charge in [0.1, 0.15) is 0 Å². The molecule has 0 amide bonds. The van der Waals surface area contributed by atoms with E-state index in [0.29, 0.717) is 0 Å². The molecule has 0 aromatic heterocycles. The van der Waals surface area contributed by atoms with Gasteiger partial charge < -0.3 is 0 Å². The van der Waals surface area contributed by atoms with Crippen molar-refractivity contribution in [2.75, 3.05) is 0 Å². The number of halogens is 3. The van der Waals surface area contributed by atoms with Crippen molar-refractivity contribution in [3.63, 3.8) is 0 Å². The van der Waals surface area contributed by atoms with Gasteiger partial charge in [-0.1, -0.05) is 122 Å². The summed E-state index contributed by atoms with van der Waals surface area (Å²) in [6.45, 7) is 0. The molecule has 0 fully saturated rings. The minimum atomic E-state index is 0.745. The quantitative estimate of drug-likeness (QED) is 0.334. The Morgan fingerprint density at radius 3 is 1.32 bits per heavy atom. The van der Waals surface area contributed by atoms with E-state index in [1.165, 1.54) is 0 Å². The Morgan fingerprint density at radius 1 is 0.520 bits per heavy atom. The molecule has 0 aliphatic rings. The van der Waals surface area contributed by atoms with Crippen LogP contribution in [0.25, 0.3) is 24.3 Å². The lowest BCUT2D eigenvalue weighted by Crippen LogP contribution is -1.82. The maximum atomic E-state index is 6.59. The fraction of sp³-hybridized carbons (Fsp3) is 0. The topological polar surface area (TPSA) is 0 Å². The summed E-state index contributed by atoms with van der Waals surface area (Å²) in [4.78, 5) is 0. The van der Waals surface area contributed by atoms with Crippen LogP contribution in [-0.2, 0) is 0 Å². The highest BCUT2D eigenvalue weighted by atomic mass is 79.9. The molecule has 0 unspecified atom stereocenters. The van der Waals surface area contributed by atoms with Crippen molar-refractivity contribution in [1.29, 1.82) is 0 Å². The Bertz CT molecular complexity index is 869. The molecule has 3 aromatic rings. The van der Waals surface area contributed by atoms with Gasteiger partial charge in [-0.25, -0.2) is 0 Å². The predicted molar refractivity (Wildman–Crippen MR) is 118 cm³/mol. The summed E-state index contributed by atoms with van der Waals surface area (Å²) in [6.07, 6.45) is 8.20. The first-order chi connectivity index (χ1) is 12.1. The van der Waals surface area contributed by atoms with E-state index >= 15 is 0 Å². The van der Waals surface area contributed by atoms with Crippen molar-refractivity contribution in [3.8, 4) is 0 Å². The van der Waals surface area contributed by atoms with Crippen LogP contribution in [0.2, 0.25) is 5.02 Å². The number of hydrogen-bond acceptors (Lipinski definition) is 0. The first-order valence-electron chi connectivity index (χ1n) is 7.79. The second-order valence-corrected chi connectivity index (χ2v) is 7.55. The highest BCUT2D eigenvalue weighted by Crippen LogP contribution is 2.27. The monoisotopic (exact) mass is 472 g/mol. The number of hydrogen-bond donors (Lipinski definition) is 0.